The quantitative estimate of drug-likeness (QED) is 0.911. The fourth-order valence-electron chi connectivity index (χ4n) is 2.94. The summed E-state index contributed by atoms with van der Waals surface area (Å²) in [6, 6.07) is 16.1. The molecular weight excluding hydrogens is 265 g/mol. The highest BCUT2D eigenvalue weighted by Gasteiger charge is 2.38. The molecule has 2 nitrogen and oxygen atoms in total. The molecule has 0 aromatic heterocycles. The Bertz CT molecular complexity index is 635. The fraction of sp³-hybridized carbons (Fsp3) is 0.278. The Balaban J connectivity index is 1.70. The first-order valence-corrected chi connectivity index (χ1v) is 7.29. The molecule has 0 spiro atoms. The van der Waals surface area contributed by atoms with Crippen molar-refractivity contribution in [1.82, 2.24) is 5.32 Å². The summed E-state index contributed by atoms with van der Waals surface area (Å²) < 4.78 is 13.2. The lowest BCUT2D eigenvalue weighted by atomic mass is 9.64. The van der Waals surface area contributed by atoms with E-state index in [2.05, 4.69) is 17.4 Å². The van der Waals surface area contributed by atoms with Gasteiger partial charge in [0.1, 0.15) is 5.82 Å². The van der Waals surface area contributed by atoms with Crippen LogP contribution in [0.1, 0.15) is 35.2 Å². The maximum atomic E-state index is 13.2. The van der Waals surface area contributed by atoms with Crippen LogP contribution in [0.25, 0.3) is 0 Å². The number of hydrogen-bond donors (Lipinski definition) is 1. The van der Waals surface area contributed by atoms with Gasteiger partial charge in [-0.05, 0) is 36.6 Å². The van der Waals surface area contributed by atoms with Crippen molar-refractivity contribution in [2.75, 3.05) is 6.54 Å². The Morgan fingerprint density at radius 2 is 1.86 bits per heavy atom. The van der Waals surface area contributed by atoms with Gasteiger partial charge >= 0.3 is 0 Å². The lowest BCUT2D eigenvalue weighted by Gasteiger charge is -2.42. The first-order chi connectivity index (χ1) is 10.2. The molecule has 3 rings (SSSR count). The minimum Gasteiger partial charge on any atom is -0.351 e. The van der Waals surface area contributed by atoms with Crippen LogP contribution >= 0.6 is 0 Å². The third kappa shape index (κ3) is 2.82. The number of nitrogens with one attached hydrogen (secondary N) is 1. The zero-order valence-electron chi connectivity index (χ0n) is 11.8. The molecule has 0 saturated heterocycles. The minimum absolute atomic E-state index is 0.0459. The molecule has 1 N–H and O–H groups in total. The third-order valence-corrected chi connectivity index (χ3v) is 4.37. The van der Waals surface area contributed by atoms with E-state index in [1.165, 1.54) is 24.1 Å². The van der Waals surface area contributed by atoms with Gasteiger partial charge < -0.3 is 5.32 Å². The van der Waals surface area contributed by atoms with Gasteiger partial charge in [0, 0.05) is 17.5 Å². The van der Waals surface area contributed by atoms with Crippen molar-refractivity contribution in [3.8, 4) is 0 Å². The second-order valence-electron chi connectivity index (χ2n) is 5.69. The summed E-state index contributed by atoms with van der Waals surface area (Å²) in [4.78, 5) is 12.1. The van der Waals surface area contributed by atoms with Crippen molar-refractivity contribution in [2.45, 2.75) is 24.7 Å². The molecule has 0 atom stereocenters. The second-order valence-corrected chi connectivity index (χ2v) is 5.69. The number of hydrogen-bond acceptors (Lipinski definition) is 1. The Hall–Kier alpha value is -2.16. The number of amides is 1. The van der Waals surface area contributed by atoms with Crippen LogP contribution < -0.4 is 5.32 Å². The van der Waals surface area contributed by atoms with Crippen LogP contribution in [0.3, 0.4) is 0 Å². The SMILES string of the molecule is O=C(NCC1(c2ccccc2)CCC1)c1cccc(F)c1. The molecule has 3 heteroatoms. The summed E-state index contributed by atoms with van der Waals surface area (Å²) >= 11 is 0. The van der Waals surface area contributed by atoms with E-state index in [1.807, 2.05) is 18.2 Å². The molecular formula is C18H18FNO. The zero-order chi connectivity index (χ0) is 14.7. The van der Waals surface area contributed by atoms with E-state index in [0.29, 0.717) is 12.1 Å². The van der Waals surface area contributed by atoms with Crippen molar-refractivity contribution < 1.29 is 9.18 Å². The van der Waals surface area contributed by atoms with Crippen LogP contribution in [0.4, 0.5) is 4.39 Å². The van der Waals surface area contributed by atoms with Crippen LogP contribution in [0.5, 0.6) is 0 Å². The van der Waals surface area contributed by atoms with Gasteiger partial charge in [0.05, 0.1) is 0 Å². The number of carbonyl (C=O) groups excluding carboxylic acids is 1. The summed E-state index contributed by atoms with van der Waals surface area (Å²) in [5.41, 5.74) is 1.69. The van der Waals surface area contributed by atoms with Crippen LogP contribution in [-0.4, -0.2) is 12.5 Å². The van der Waals surface area contributed by atoms with Crippen molar-refractivity contribution in [3.05, 3.63) is 71.5 Å². The maximum Gasteiger partial charge on any atom is 0.251 e. The fourth-order valence-corrected chi connectivity index (χ4v) is 2.94. The van der Waals surface area contributed by atoms with Crippen molar-refractivity contribution in [2.24, 2.45) is 0 Å². The summed E-state index contributed by atoms with van der Waals surface area (Å²) in [5, 5.41) is 2.96. The maximum absolute atomic E-state index is 13.2. The Kier molecular flexibility index (Phi) is 3.74. The van der Waals surface area contributed by atoms with Crippen molar-refractivity contribution in [1.29, 1.82) is 0 Å². The topological polar surface area (TPSA) is 29.1 Å². The number of rotatable bonds is 4. The summed E-state index contributed by atoms with van der Waals surface area (Å²) in [6.07, 6.45) is 3.35. The van der Waals surface area contributed by atoms with E-state index in [1.54, 1.807) is 12.1 Å². The lowest BCUT2D eigenvalue weighted by Crippen LogP contribution is -2.45. The predicted octanol–water partition coefficient (Wildman–Crippen LogP) is 3.68. The van der Waals surface area contributed by atoms with E-state index in [9.17, 15) is 9.18 Å². The van der Waals surface area contributed by atoms with Gasteiger partial charge in [-0.3, -0.25) is 4.79 Å². The molecule has 0 heterocycles. The van der Waals surface area contributed by atoms with Gasteiger partial charge in [-0.2, -0.15) is 0 Å². The van der Waals surface area contributed by atoms with Gasteiger partial charge in [-0.15, -0.1) is 0 Å². The van der Waals surface area contributed by atoms with Crippen LogP contribution in [0.2, 0.25) is 0 Å². The first kappa shape index (κ1) is 13.8. The van der Waals surface area contributed by atoms with E-state index < -0.39 is 0 Å². The van der Waals surface area contributed by atoms with Crippen LogP contribution in [0, 0.1) is 5.82 Å². The minimum atomic E-state index is -0.385. The molecule has 0 unspecified atom stereocenters. The highest BCUT2D eigenvalue weighted by atomic mass is 19.1. The van der Waals surface area contributed by atoms with Crippen LogP contribution in [-0.2, 0) is 5.41 Å². The molecule has 2 aromatic carbocycles. The molecule has 1 fully saturated rings. The molecule has 1 saturated carbocycles. The average molecular weight is 283 g/mol. The van der Waals surface area contributed by atoms with E-state index in [4.69, 9.17) is 0 Å². The largest absolute Gasteiger partial charge is 0.351 e. The normalized spacial score (nSPS) is 16.0. The Morgan fingerprint density at radius 3 is 2.48 bits per heavy atom. The Labute approximate surface area is 124 Å². The summed E-state index contributed by atoms with van der Waals surface area (Å²) in [5.74, 6) is -0.597. The molecule has 21 heavy (non-hydrogen) atoms. The molecule has 0 radical (unpaired) electrons. The first-order valence-electron chi connectivity index (χ1n) is 7.29. The van der Waals surface area contributed by atoms with Gasteiger partial charge in [0.25, 0.3) is 5.91 Å². The highest BCUT2D eigenvalue weighted by Crippen LogP contribution is 2.43. The third-order valence-electron chi connectivity index (χ3n) is 4.37. The molecule has 0 aliphatic heterocycles. The summed E-state index contributed by atoms with van der Waals surface area (Å²) in [6.45, 7) is 0.604. The van der Waals surface area contributed by atoms with E-state index in [0.717, 1.165) is 12.8 Å². The van der Waals surface area contributed by atoms with Crippen molar-refractivity contribution in [3.63, 3.8) is 0 Å². The second kappa shape index (κ2) is 5.68. The van der Waals surface area contributed by atoms with Gasteiger partial charge in [-0.25, -0.2) is 4.39 Å². The van der Waals surface area contributed by atoms with Gasteiger partial charge in [0.15, 0.2) is 0 Å². The molecule has 1 aliphatic carbocycles. The molecule has 1 amide bonds. The number of benzene rings is 2. The Morgan fingerprint density at radius 1 is 1.10 bits per heavy atom. The van der Waals surface area contributed by atoms with Crippen LogP contribution in [0.15, 0.2) is 54.6 Å². The molecule has 2 aromatic rings. The predicted molar refractivity (Wildman–Crippen MR) is 80.7 cm³/mol. The smallest absolute Gasteiger partial charge is 0.251 e. The molecule has 108 valence electrons. The lowest BCUT2D eigenvalue weighted by molar-refractivity contribution is 0.0927. The average Bonchev–Trinajstić information content (AvgIpc) is 2.47. The van der Waals surface area contributed by atoms with Crippen molar-refractivity contribution >= 4 is 5.91 Å². The number of halogens is 1. The monoisotopic (exact) mass is 283 g/mol. The molecule has 0 bridgehead atoms. The standard InChI is InChI=1S/C18H18FNO/c19-16-9-4-6-14(12-16)17(21)20-13-18(10-5-11-18)15-7-2-1-3-8-15/h1-4,6-9,12H,5,10-11,13H2,(H,20,21). The van der Waals surface area contributed by atoms with E-state index >= 15 is 0 Å². The van der Waals surface area contributed by atoms with E-state index in [-0.39, 0.29) is 17.1 Å². The van der Waals surface area contributed by atoms with Gasteiger partial charge in [0.2, 0.25) is 0 Å². The highest BCUT2D eigenvalue weighted by molar-refractivity contribution is 5.94. The number of carbonyl (C=O) groups is 1. The zero-order valence-corrected chi connectivity index (χ0v) is 11.8. The molecule has 1 aliphatic rings. The summed E-state index contributed by atoms with van der Waals surface area (Å²) in [7, 11) is 0. The van der Waals surface area contributed by atoms with Gasteiger partial charge in [-0.1, -0.05) is 42.8 Å².